The number of nitrogens with zero attached hydrogens (tertiary/aromatic N) is 1. The lowest BCUT2D eigenvalue weighted by Gasteiger charge is -2.37. The maximum atomic E-state index is 6.09. The second-order valence-electron chi connectivity index (χ2n) is 4.48. The molecular formula is C12H25ClN2O. The van der Waals surface area contributed by atoms with E-state index in [0.717, 1.165) is 52.2 Å². The molecule has 1 fully saturated rings. The van der Waals surface area contributed by atoms with Crippen molar-refractivity contribution in [3.8, 4) is 0 Å². The summed E-state index contributed by atoms with van der Waals surface area (Å²) < 4.78 is 5.39. The SMILES string of the molecule is CCN(CC)CCNC1(CCl)CCOCC1. The fourth-order valence-electron chi connectivity index (χ4n) is 2.14. The van der Waals surface area contributed by atoms with Crippen molar-refractivity contribution >= 4 is 11.6 Å². The third kappa shape index (κ3) is 4.21. The van der Waals surface area contributed by atoms with Crippen molar-refractivity contribution in [2.45, 2.75) is 32.2 Å². The normalized spacial score (nSPS) is 20.2. The number of likely N-dealkylation sites (N-methyl/N-ethyl adjacent to an activating group) is 1. The van der Waals surface area contributed by atoms with Crippen molar-refractivity contribution in [1.82, 2.24) is 10.2 Å². The average Bonchev–Trinajstić information content (AvgIpc) is 2.36. The Morgan fingerprint density at radius 2 is 1.88 bits per heavy atom. The average molecular weight is 249 g/mol. The zero-order valence-corrected chi connectivity index (χ0v) is 11.4. The number of alkyl halides is 1. The van der Waals surface area contributed by atoms with Crippen LogP contribution in [0, 0.1) is 0 Å². The summed E-state index contributed by atoms with van der Waals surface area (Å²) >= 11 is 6.09. The topological polar surface area (TPSA) is 24.5 Å². The molecule has 0 unspecified atom stereocenters. The predicted molar refractivity (Wildman–Crippen MR) is 69.3 cm³/mol. The molecule has 0 aromatic heterocycles. The molecule has 1 saturated heterocycles. The zero-order chi connectivity index (χ0) is 11.9. The van der Waals surface area contributed by atoms with Gasteiger partial charge >= 0.3 is 0 Å². The first-order valence-corrected chi connectivity index (χ1v) is 6.91. The Morgan fingerprint density at radius 3 is 2.38 bits per heavy atom. The van der Waals surface area contributed by atoms with E-state index in [1.165, 1.54) is 0 Å². The van der Waals surface area contributed by atoms with Crippen LogP contribution in [0.2, 0.25) is 0 Å². The summed E-state index contributed by atoms with van der Waals surface area (Å²) in [4.78, 5) is 2.42. The van der Waals surface area contributed by atoms with Crippen molar-refractivity contribution in [1.29, 1.82) is 0 Å². The second-order valence-corrected chi connectivity index (χ2v) is 4.75. The fraction of sp³-hybridized carbons (Fsp3) is 1.00. The molecule has 0 amide bonds. The summed E-state index contributed by atoms with van der Waals surface area (Å²) in [5, 5.41) is 3.63. The second kappa shape index (κ2) is 7.49. The van der Waals surface area contributed by atoms with Crippen LogP contribution in [0.3, 0.4) is 0 Å². The van der Waals surface area contributed by atoms with Crippen molar-refractivity contribution in [3.63, 3.8) is 0 Å². The molecule has 0 aromatic carbocycles. The van der Waals surface area contributed by atoms with Crippen LogP contribution in [-0.4, -0.2) is 55.7 Å². The Hall–Kier alpha value is 0.170. The summed E-state index contributed by atoms with van der Waals surface area (Å²) in [7, 11) is 0. The van der Waals surface area contributed by atoms with Crippen LogP contribution in [0.4, 0.5) is 0 Å². The summed E-state index contributed by atoms with van der Waals surface area (Å²) in [6, 6.07) is 0. The van der Waals surface area contributed by atoms with E-state index in [1.54, 1.807) is 0 Å². The largest absolute Gasteiger partial charge is 0.381 e. The lowest BCUT2D eigenvalue weighted by molar-refractivity contribution is 0.0457. The Morgan fingerprint density at radius 1 is 1.25 bits per heavy atom. The minimum Gasteiger partial charge on any atom is -0.381 e. The molecule has 0 atom stereocenters. The molecular weight excluding hydrogens is 224 g/mol. The van der Waals surface area contributed by atoms with Gasteiger partial charge in [0.2, 0.25) is 0 Å². The van der Waals surface area contributed by atoms with Crippen LogP contribution in [0.5, 0.6) is 0 Å². The van der Waals surface area contributed by atoms with Gasteiger partial charge in [0.25, 0.3) is 0 Å². The number of rotatable bonds is 7. The molecule has 0 radical (unpaired) electrons. The summed E-state index contributed by atoms with van der Waals surface area (Å²) in [5.74, 6) is 0.689. The van der Waals surface area contributed by atoms with Gasteiger partial charge in [0.05, 0.1) is 0 Å². The van der Waals surface area contributed by atoms with Gasteiger partial charge < -0.3 is 15.0 Å². The number of halogens is 1. The number of ether oxygens (including phenoxy) is 1. The first-order valence-electron chi connectivity index (χ1n) is 6.37. The molecule has 1 aliphatic heterocycles. The van der Waals surface area contributed by atoms with E-state index in [2.05, 4.69) is 24.1 Å². The molecule has 0 saturated carbocycles. The van der Waals surface area contributed by atoms with E-state index < -0.39 is 0 Å². The maximum Gasteiger partial charge on any atom is 0.0484 e. The molecule has 0 aromatic rings. The maximum absolute atomic E-state index is 6.09. The van der Waals surface area contributed by atoms with E-state index >= 15 is 0 Å². The quantitative estimate of drug-likeness (QED) is 0.695. The number of hydrogen-bond donors (Lipinski definition) is 1. The number of hydrogen-bond acceptors (Lipinski definition) is 3. The summed E-state index contributed by atoms with van der Waals surface area (Å²) in [6.45, 7) is 10.5. The van der Waals surface area contributed by atoms with Gasteiger partial charge in [-0.3, -0.25) is 0 Å². The molecule has 96 valence electrons. The highest BCUT2D eigenvalue weighted by molar-refractivity contribution is 6.18. The molecule has 0 spiro atoms. The van der Waals surface area contributed by atoms with E-state index in [-0.39, 0.29) is 5.54 Å². The van der Waals surface area contributed by atoms with Gasteiger partial charge in [0, 0.05) is 37.7 Å². The monoisotopic (exact) mass is 248 g/mol. The molecule has 1 heterocycles. The van der Waals surface area contributed by atoms with Crippen LogP contribution < -0.4 is 5.32 Å². The molecule has 1 rings (SSSR count). The minimum absolute atomic E-state index is 0.118. The molecule has 1 aliphatic rings. The van der Waals surface area contributed by atoms with Crippen LogP contribution in [0.1, 0.15) is 26.7 Å². The third-order valence-electron chi connectivity index (χ3n) is 3.53. The minimum atomic E-state index is 0.118. The summed E-state index contributed by atoms with van der Waals surface area (Å²) in [6.07, 6.45) is 2.07. The Bertz CT molecular complexity index is 180. The third-order valence-corrected chi connectivity index (χ3v) is 4.04. The van der Waals surface area contributed by atoms with E-state index in [0.29, 0.717) is 5.88 Å². The molecule has 16 heavy (non-hydrogen) atoms. The van der Waals surface area contributed by atoms with Gasteiger partial charge in [-0.2, -0.15) is 0 Å². The fourth-order valence-corrected chi connectivity index (χ4v) is 2.50. The first-order chi connectivity index (χ1) is 7.76. The highest BCUT2D eigenvalue weighted by atomic mass is 35.5. The first kappa shape index (κ1) is 14.2. The predicted octanol–water partition coefficient (Wildman–Crippen LogP) is 1.71. The molecule has 1 N–H and O–H groups in total. The highest BCUT2D eigenvalue weighted by Gasteiger charge is 2.30. The van der Waals surface area contributed by atoms with E-state index in [4.69, 9.17) is 16.3 Å². The summed E-state index contributed by atoms with van der Waals surface area (Å²) in [5.41, 5.74) is 0.118. The van der Waals surface area contributed by atoms with Crippen molar-refractivity contribution in [2.24, 2.45) is 0 Å². The van der Waals surface area contributed by atoms with Crippen LogP contribution >= 0.6 is 11.6 Å². The van der Waals surface area contributed by atoms with Crippen molar-refractivity contribution < 1.29 is 4.74 Å². The van der Waals surface area contributed by atoms with Crippen LogP contribution in [0.25, 0.3) is 0 Å². The lowest BCUT2D eigenvalue weighted by atomic mass is 9.92. The van der Waals surface area contributed by atoms with Crippen molar-refractivity contribution in [3.05, 3.63) is 0 Å². The van der Waals surface area contributed by atoms with Gasteiger partial charge in [-0.05, 0) is 25.9 Å². The standard InChI is InChI=1S/C12H25ClN2O/c1-3-15(4-2)8-7-14-12(11-13)5-9-16-10-6-12/h14H,3-11H2,1-2H3. The smallest absolute Gasteiger partial charge is 0.0484 e. The van der Waals surface area contributed by atoms with Gasteiger partial charge in [-0.15, -0.1) is 11.6 Å². The Balaban J connectivity index is 2.27. The van der Waals surface area contributed by atoms with Crippen LogP contribution in [0.15, 0.2) is 0 Å². The zero-order valence-electron chi connectivity index (χ0n) is 10.6. The molecule has 0 bridgehead atoms. The van der Waals surface area contributed by atoms with Gasteiger partial charge in [-0.1, -0.05) is 13.8 Å². The van der Waals surface area contributed by atoms with E-state index in [9.17, 15) is 0 Å². The lowest BCUT2D eigenvalue weighted by Crippen LogP contribution is -2.52. The molecule has 0 aliphatic carbocycles. The van der Waals surface area contributed by atoms with Gasteiger partial charge in [-0.25, -0.2) is 0 Å². The Labute approximate surface area is 104 Å². The van der Waals surface area contributed by atoms with Gasteiger partial charge in [0.1, 0.15) is 0 Å². The van der Waals surface area contributed by atoms with Gasteiger partial charge in [0.15, 0.2) is 0 Å². The van der Waals surface area contributed by atoms with Crippen molar-refractivity contribution in [2.75, 3.05) is 45.3 Å². The highest BCUT2D eigenvalue weighted by Crippen LogP contribution is 2.21. The molecule has 3 nitrogen and oxygen atoms in total. The van der Waals surface area contributed by atoms with E-state index in [1.807, 2.05) is 0 Å². The van der Waals surface area contributed by atoms with Crippen LogP contribution in [-0.2, 0) is 4.74 Å². The Kier molecular flexibility index (Phi) is 6.66. The number of nitrogens with one attached hydrogen (secondary N) is 1. The molecule has 4 heteroatoms.